The van der Waals surface area contributed by atoms with Crippen LogP contribution in [0.1, 0.15) is 43.5 Å². The smallest absolute Gasteiger partial charge is 0.253 e. The average molecular weight is 282 g/mol. The molecule has 0 saturated heterocycles. The third kappa shape index (κ3) is 3.38. The van der Waals surface area contributed by atoms with Crippen molar-refractivity contribution < 1.29 is 4.79 Å². The zero-order valence-corrected chi connectivity index (χ0v) is 12.2. The van der Waals surface area contributed by atoms with E-state index < -0.39 is 0 Å². The SMILES string of the molecule is CCNc1cc(C(=O)NCC2(CC)CC2)c(Cl)cn1. The van der Waals surface area contributed by atoms with E-state index >= 15 is 0 Å². The highest BCUT2D eigenvalue weighted by Crippen LogP contribution is 2.47. The van der Waals surface area contributed by atoms with Crippen LogP contribution in [0.25, 0.3) is 0 Å². The van der Waals surface area contributed by atoms with Crippen molar-refractivity contribution in [3.63, 3.8) is 0 Å². The third-order valence-corrected chi connectivity index (χ3v) is 4.09. The van der Waals surface area contributed by atoms with Crippen molar-refractivity contribution in [3.05, 3.63) is 22.8 Å². The van der Waals surface area contributed by atoms with Crippen molar-refractivity contribution in [2.45, 2.75) is 33.1 Å². The second-order valence-electron chi connectivity index (χ2n) is 5.12. The molecule has 0 bridgehead atoms. The molecule has 1 fully saturated rings. The zero-order valence-electron chi connectivity index (χ0n) is 11.4. The molecule has 19 heavy (non-hydrogen) atoms. The fraction of sp³-hybridized carbons (Fsp3) is 0.571. The molecular weight excluding hydrogens is 262 g/mol. The lowest BCUT2D eigenvalue weighted by Gasteiger charge is -2.14. The van der Waals surface area contributed by atoms with E-state index in [2.05, 4.69) is 22.5 Å². The number of hydrogen-bond donors (Lipinski definition) is 2. The minimum Gasteiger partial charge on any atom is -0.370 e. The summed E-state index contributed by atoms with van der Waals surface area (Å²) in [5, 5.41) is 6.45. The molecule has 1 aliphatic rings. The quantitative estimate of drug-likeness (QED) is 0.842. The molecule has 1 saturated carbocycles. The van der Waals surface area contributed by atoms with Crippen LogP contribution in [-0.2, 0) is 0 Å². The van der Waals surface area contributed by atoms with E-state index in [0.717, 1.165) is 19.5 Å². The molecular formula is C14H20ClN3O. The zero-order chi connectivity index (χ0) is 13.9. The Kier molecular flexibility index (Phi) is 4.30. The second-order valence-corrected chi connectivity index (χ2v) is 5.52. The van der Waals surface area contributed by atoms with Gasteiger partial charge in [0, 0.05) is 19.3 Å². The van der Waals surface area contributed by atoms with Gasteiger partial charge in [-0.15, -0.1) is 0 Å². The van der Waals surface area contributed by atoms with Crippen molar-refractivity contribution in [2.24, 2.45) is 5.41 Å². The second kappa shape index (κ2) is 5.78. The van der Waals surface area contributed by atoms with Gasteiger partial charge >= 0.3 is 0 Å². The maximum Gasteiger partial charge on any atom is 0.253 e. The average Bonchev–Trinajstić information content (AvgIpc) is 3.19. The third-order valence-electron chi connectivity index (χ3n) is 3.79. The standard InChI is InChI=1S/C14H20ClN3O/c1-3-14(5-6-14)9-18-13(19)10-7-12(16-4-2)17-8-11(10)15/h7-8H,3-6,9H2,1-2H3,(H,16,17)(H,18,19). The lowest BCUT2D eigenvalue weighted by atomic mass is 10.0. The van der Waals surface area contributed by atoms with Gasteiger partial charge in [-0.05, 0) is 37.7 Å². The van der Waals surface area contributed by atoms with E-state index in [1.807, 2.05) is 6.92 Å². The molecule has 0 radical (unpaired) electrons. The van der Waals surface area contributed by atoms with Gasteiger partial charge in [-0.25, -0.2) is 4.98 Å². The van der Waals surface area contributed by atoms with Crippen LogP contribution in [0.4, 0.5) is 5.82 Å². The fourth-order valence-corrected chi connectivity index (χ4v) is 2.27. The lowest BCUT2D eigenvalue weighted by molar-refractivity contribution is 0.0944. The van der Waals surface area contributed by atoms with Crippen molar-refractivity contribution in [2.75, 3.05) is 18.4 Å². The normalized spacial score (nSPS) is 15.9. The van der Waals surface area contributed by atoms with Crippen LogP contribution in [0.2, 0.25) is 5.02 Å². The highest BCUT2D eigenvalue weighted by Gasteiger charge is 2.40. The molecule has 4 nitrogen and oxygen atoms in total. The van der Waals surface area contributed by atoms with E-state index in [9.17, 15) is 4.79 Å². The number of nitrogens with one attached hydrogen (secondary N) is 2. The minimum absolute atomic E-state index is 0.119. The van der Waals surface area contributed by atoms with Crippen LogP contribution in [0.3, 0.4) is 0 Å². The molecule has 2 rings (SSSR count). The van der Waals surface area contributed by atoms with E-state index in [1.54, 1.807) is 6.07 Å². The highest BCUT2D eigenvalue weighted by molar-refractivity contribution is 6.33. The van der Waals surface area contributed by atoms with Gasteiger partial charge < -0.3 is 10.6 Å². The van der Waals surface area contributed by atoms with Crippen LogP contribution in [0.5, 0.6) is 0 Å². The topological polar surface area (TPSA) is 54.0 Å². The van der Waals surface area contributed by atoms with Gasteiger partial charge in [-0.2, -0.15) is 0 Å². The van der Waals surface area contributed by atoms with Crippen LogP contribution in [-0.4, -0.2) is 24.0 Å². The minimum atomic E-state index is -0.119. The summed E-state index contributed by atoms with van der Waals surface area (Å²) < 4.78 is 0. The molecule has 1 aliphatic carbocycles. The first-order valence-electron chi connectivity index (χ1n) is 6.78. The number of aromatic nitrogens is 1. The Bertz CT molecular complexity index is 472. The summed E-state index contributed by atoms with van der Waals surface area (Å²) in [5.41, 5.74) is 0.819. The van der Waals surface area contributed by atoms with E-state index in [4.69, 9.17) is 11.6 Å². The van der Waals surface area contributed by atoms with Gasteiger partial charge in [0.05, 0.1) is 10.6 Å². The first kappa shape index (κ1) is 14.1. The molecule has 0 unspecified atom stereocenters. The molecule has 2 N–H and O–H groups in total. The van der Waals surface area contributed by atoms with Crippen LogP contribution < -0.4 is 10.6 Å². The first-order valence-corrected chi connectivity index (χ1v) is 7.15. The number of pyridine rings is 1. The van der Waals surface area contributed by atoms with Gasteiger partial charge in [-0.1, -0.05) is 18.5 Å². The summed E-state index contributed by atoms with van der Waals surface area (Å²) in [5.74, 6) is 0.556. The molecule has 1 aromatic rings. The number of carbonyl (C=O) groups excluding carboxylic acids is 1. The Morgan fingerprint density at radius 3 is 2.79 bits per heavy atom. The Labute approximate surface area is 118 Å². The number of amides is 1. The van der Waals surface area contributed by atoms with Gasteiger partial charge in [0.25, 0.3) is 5.91 Å². The largest absolute Gasteiger partial charge is 0.370 e. The molecule has 104 valence electrons. The van der Waals surface area contributed by atoms with Crippen molar-refractivity contribution in [3.8, 4) is 0 Å². The highest BCUT2D eigenvalue weighted by atomic mass is 35.5. The first-order chi connectivity index (χ1) is 9.10. The Balaban J connectivity index is 2.03. The molecule has 1 amide bonds. The summed E-state index contributed by atoms with van der Waals surface area (Å²) in [7, 11) is 0. The van der Waals surface area contributed by atoms with Crippen molar-refractivity contribution in [1.29, 1.82) is 0 Å². The molecule has 1 aromatic heterocycles. The predicted octanol–water partition coefficient (Wildman–Crippen LogP) is 3.09. The lowest BCUT2D eigenvalue weighted by Crippen LogP contribution is -2.30. The number of hydrogen-bond acceptors (Lipinski definition) is 3. The molecule has 0 spiro atoms. The summed E-state index contributed by atoms with van der Waals surface area (Å²) >= 11 is 6.04. The van der Waals surface area contributed by atoms with Crippen LogP contribution in [0.15, 0.2) is 12.3 Å². The van der Waals surface area contributed by atoms with Crippen LogP contribution >= 0.6 is 11.6 Å². The number of rotatable bonds is 6. The predicted molar refractivity (Wildman–Crippen MR) is 77.7 cm³/mol. The van der Waals surface area contributed by atoms with Gasteiger partial charge in [0.1, 0.15) is 5.82 Å². The maximum atomic E-state index is 12.2. The summed E-state index contributed by atoms with van der Waals surface area (Å²) in [6.07, 6.45) is 5.04. The molecule has 0 atom stereocenters. The molecule has 0 aliphatic heterocycles. The van der Waals surface area contributed by atoms with Crippen molar-refractivity contribution >= 4 is 23.3 Å². The summed E-state index contributed by atoms with van der Waals surface area (Å²) in [4.78, 5) is 16.3. The van der Waals surface area contributed by atoms with E-state index in [1.165, 1.54) is 19.0 Å². The number of anilines is 1. The number of halogens is 1. The molecule has 0 aromatic carbocycles. The maximum absolute atomic E-state index is 12.2. The Hall–Kier alpha value is -1.29. The Morgan fingerprint density at radius 2 is 2.21 bits per heavy atom. The van der Waals surface area contributed by atoms with Gasteiger partial charge in [0.15, 0.2) is 0 Å². The number of carbonyl (C=O) groups is 1. The van der Waals surface area contributed by atoms with Gasteiger partial charge in [0.2, 0.25) is 0 Å². The summed E-state index contributed by atoms with van der Waals surface area (Å²) in [6, 6.07) is 1.70. The fourth-order valence-electron chi connectivity index (χ4n) is 2.09. The molecule has 1 heterocycles. The summed E-state index contributed by atoms with van der Waals surface area (Å²) in [6.45, 7) is 5.64. The number of nitrogens with zero attached hydrogens (tertiary/aromatic N) is 1. The van der Waals surface area contributed by atoms with Crippen molar-refractivity contribution in [1.82, 2.24) is 10.3 Å². The molecule has 5 heteroatoms. The Morgan fingerprint density at radius 1 is 1.47 bits per heavy atom. The van der Waals surface area contributed by atoms with E-state index in [-0.39, 0.29) is 5.91 Å². The van der Waals surface area contributed by atoms with Crippen LogP contribution in [0, 0.1) is 5.41 Å². The van der Waals surface area contributed by atoms with Gasteiger partial charge in [-0.3, -0.25) is 4.79 Å². The van der Waals surface area contributed by atoms with E-state index in [0.29, 0.717) is 21.8 Å². The monoisotopic (exact) mass is 281 g/mol.